The summed E-state index contributed by atoms with van der Waals surface area (Å²) in [5, 5.41) is 7.42. The van der Waals surface area contributed by atoms with Gasteiger partial charge in [-0.1, -0.05) is 17.3 Å². The summed E-state index contributed by atoms with van der Waals surface area (Å²) in [6.07, 6.45) is 2.20. The lowest BCUT2D eigenvalue weighted by atomic mass is 10.1. The van der Waals surface area contributed by atoms with E-state index >= 15 is 0 Å². The molecule has 2 aromatic rings. The molecule has 1 atom stereocenters. The summed E-state index contributed by atoms with van der Waals surface area (Å²) in [5.74, 6) is 2.05. The largest absolute Gasteiger partial charge is 0.496 e. The molecule has 3 rings (SSSR count). The van der Waals surface area contributed by atoms with Gasteiger partial charge in [0.1, 0.15) is 5.75 Å². The third-order valence-corrected chi connectivity index (χ3v) is 3.46. The highest BCUT2D eigenvalue weighted by Gasteiger charge is 2.23. The second kappa shape index (κ2) is 5.01. The summed E-state index contributed by atoms with van der Waals surface area (Å²) in [6, 6.07) is 6.11. The smallest absolute Gasteiger partial charge is 0.244 e. The van der Waals surface area contributed by atoms with Crippen LogP contribution in [0.15, 0.2) is 22.7 Å². The molecule has 5 nitrogen and oxygen atoms in total. The molecular weight excluding hydrogens is 242 g/mol. The molecule has 1 N–H and O–H groups in total. The van der Waals surface area contributed by atoms with Crippen molar-refractivity contribution >= 4 is 0 Å². The Labute approximate surface area is 112 Å². The molecule has 1 aromatic heterocycles. The number of hydrogen-bond acceptors (Lipinski definition) is 5. The van der Waals surface area contributed by atoms with Gasteiger partial charge >= 0.3 is 0 Å². The second-order valence-corrected chi connectivity index (χ2v) is 4.76. The molecule has 0 radical (unpaired) electrons. The standard InChI is InChI=1S/C14H17N3O2/c1-9-5-3-6-10(12(9)18-2)13-16-14(19-17-13)11-7-4-8-15-11/h3,5-6,11,15H,4,7-8H2,1-2H3. The Bertz CT molecular complexity index is 574. The van der Waals surface area contributed by atoms with E-state index in [1.807, 2.05) is 25.1 Å². The molecule has 1 aliphatic rings. The minimum Gasteiger partial charge on any atom is -0.496 e. The van der Waals surface area contributed by atoms with E-state index in [2.05, 4.69) is 15.5 Å². The van der Waals surface area contributed by atoms with E-state index in [4.69, 9.17) is 9.26 Å². The quantitative estimate of drug-likeness (QED) is 0.917. The molecule has 2 heterocycles. The van der Waals surface area contributed by atoms with Gasteiger partial charge < -0.3 is 14.6 Å². The number of ether oxygens (including phenoxy) is 1. The lowest BCUT2D eigenvalue weighted by Crippen LogP contribution is -2.12. The zero-order chi connectivity index (χ0) is 13.2. The number of aromatic nitrogens is 2. The Hall–Kier alpha value is -1.88. The number of rotatable bonds is 3. The van der Waals surface area contributed by atoms with E-state index in [0.29, 0.717) is 11.7 Å². The Morgan fingerprint density at radius 3 is 3.05 bits per heavy atom. The van der Waals surface area contributed by atoms with Gasteiger partial charge in [-0.2, -0.15) is 4.98 Å². The van der Waals surface area contributed by atoms with Gasteiger partial charge in [-0.25, -0.2) is 0 Å². The van der Waals surface area contributed by atoms with E-state index in [1.54, 1.807) is 7.11 Å². The summed E-state index contributed by atoms with van der Waals surface area (Å²) in [4.78, 5) is 4.49. The van der Waals surface area contributed by atoms with E-state index in [9.17, 15) is 0 Å². The van der Waals surface area contributed by atoms with E-state index in [1.165, 1.54) is 0 Å². The van der Waals surface area contributed by atoms with Gasteiger partial charge in [0.05, 0.1) is 18.7 Å². The van der Waals surface area contributed by atoms with Crippen molar-refractivity contribution in [3.8, 4) is 17.1 Å². The third-order valence-electron chi connectivity index (χ3n) is 3.46. The summed E-state index contributed by atoms with van der Waals surface area (Å²) < 4.78 is 10.8. The number of nitrogens with zero attached hydrogens (tertiary/aromatic N) is 2. The average molecular weight is 259 g/mol. The van der Waals surface area contributed by atoms with Crippen LogP contribution in [-0.4, -0.2) is 23.8 Å². The number of benzene rings is 1. The summed E-state index contributed by atoms with van der Waals surface area (Å²) >= 11 is 0. The third kappa shape index (κ3) is 2.21. The zero-order valence-corrected chi connectivity index (χ0v) is 11.1. The van der Waals surface area contributed by atoms with Crippen LogP contribution in [0.25, 0.3) is 11.4 Å². The number of methoxy groups -OCH3 is 1. The number of para-hydroxylation sites is 1. The fraction of sp³-hybridized carbons (Fsp3) is 0.429. The lowest BCUT2D eigenvalue weighted by molar-refractivity contribution is 0.344. The highest BCUT2D eigenvalue weighted by atomic mass is 16.5. The maximum absolute atomic E-state index is 5.43. The van der Waals surface area contributed by atoms with Gasteiger partial charge in [-0.3, -0.25) is 0 Å². The molecular formula is C14H17N3O2. The Kier molecular flexibility index (Phi) is 3.21. The van der Waals surface area contributed by atoms with Crippen LogP contribution in [0.5, 0.6) is 5.75 Å². The predicted octanol–water partition coefficient (Wildman–Crippen LogP) is 2.48. The van der Waals surface area contributed by atoms with Crippen molar-refractivity contribution in [2.75, 3.05) is 13.7 Å². The second-order valence-electron chi connectivity index (χ2n) is 4.76. The summed E-state index contributed by atoms with van der Waals surface area (Å²) in [6.45, 7) is 3.01. The number of nitrogens with one attached hydrogen (secondary N) is 1. The van der Waals surface area contributed by atoms with Gasteiger partial charge in [-0.15, -0.1) is 0 Å². The first-order valence-corrected chi connectivity index (χ1v) is 6.50. The molecule has 0 aliphatic carbocycles. The van der Waals surface area contributed by atoms with Crippen LogP contribution in [0.1, 0.15) is 30.3 Å². The van der Waals surface area contributed by atoms with Crippen LogP contribution in [0.3, 0.4) is 0 Å². The maximum atomic E-state index is 5.43. The normalized spacial score (nSPS) is 18.7. The zero-order valence-electron chi connectivity index (χ0n) is 11.1. The van der Waals surface area contributed by atoms with Crippen LogP contribution < -0.4 is 10.1 Å². The lowest BCUT2D eigenvalue weighted by Gasteiger charge is -2.07. The first-order valence-electron chi connectivity index (χ1n) is 6.50. The van der Waals surface area contributed by atoms with Crippen molar-refractivity contribution in [3.05, 3.63) is 29.7 Å². The van der Waals surface area contributed by atoms with Crippen molar-refractivity contribution in [2.45, 2.75) is 25.8 Å². The van der Waals surface area contributed by atoms with Crippen LogP contribution in [-0.2, 0) is 0 Å². The Balaban J connectivity index is 1.96. The van der Waals surface area contributed by atoms with Crippen LogP contribution in [0, 0.1) is 6.92 Å². The van der Waals surface area contributed by atoms with Crippen LogP contribution in [0.2, 0.25) is 0 Å². The monoisotopic (exact) mass is 259 g/mol. The summed E-state index contributed by atoms with van der Waals surface area (Å²) in [7, 11) is 1.66. The van der Waals surface area contributed by atoms with Crippen LogP contribution in [0.4, 0.5) is 0 Å². The van der Waals surface area contributed by atoms with E-state index < -0.39 is 0 Å². The molecule has 5 heteroatoms. The van der Waals surface area contributed by atoms with Gasteiger partial charge in [0.25, 0.3) is 0 Å². The molecule has 0 bridgehead atoms. The van der Waals surface area contributed by atoms with E-state index in [0.717, 1.165) is 36.3 Å². The molecule has 0 saturated carbocycles. The van der Waals surface area contributed by atoms with E-state index in [-0.39, 0.29) is 6.04 Å². The maximum Gasteiger partial charge on any atom is 0.244 e. The fourth-order valence-electron chi connectivity index (χ4n) is 2.48. The highest BCUT2D eigenvalue weighted by Crippen LogP contribution is 2.32. The first-order chi connectivity index (χ1) is 9.29. The average Bonchev–Trinajstić information content (AvgIpc) is 3.09. The molecule has 1 aromatic carbocycles. The molecule has 1 unspecified atom stereocenters. The minimum atomic E-state index is 0.192. The highest BCUT2D eigenvalue weighted by molar-refractivity contribution is 5.66. The minimum absolute atomic E-state index is 0.192. The van der Waals surface area contributed by atoms with Crippen LogP contribution >= 0.6 is 0 Å². The van der Waals surface area contributed by atoms with Crippen molar-refractivity contribution in [1.82, 2.24) is 15.5 Å². The molecule has 1 fully saturated rings. The van der Waals surface area contributed by atoms with Gasteiger partial charge in [0.15, 0.2) is 0 Å². The number of aryl methyl sites for hydroxylation is 1. The van der Waals surface area contributed by atoms with Gasteiger partial charge in [0.2, 0.25) is 11.7 Å². The van der Waals surface area contributed by atoms with Crippen molar-refractivity contribution in [3.63, 3.8) is 0 Å². The molecule has 19 heavy (non-hydrogen) atoms. The Morgan fingerprint density at radius 1 is 1.42 bits per heavy atom. The topological polar surface area (TPSA) is 60.2 Å². The van der Waals surface area contributed by atoms with Gasteiger partial charge in [0, 0.05) is 0 Å². The number of hydrogen-bond donors (Lipinski definition) is 1. The van der Waals surface area contributed by atoms with Crippen molar-refractivity contribution in [2.24, 2.45) is 0 Å². The molecule has 100 valence electrons. The molecule has 1 saturated heterocycles. The molecule has 0 spiro atoms. The Morgan fingerprint density at radius 2 is 2.32 bits per heavy atom. The van der Waals surface area contributed by atoms with Gasteiger partial charge in [-0.05, 0) is 37.9 Å². The summed E-state index contributed by atoms with van der Waals surface area (Å²) in [5.41, 5.74) is 1.93. The fourth-order valence-corrected chi connectivity index (χ4v) is 2.48. The molecule has 1 aliphatic heterocycles. The van der Waals surface area contributed by atoms with Crippen molar-refractivity contribution < 1.29 is 9.26 Å². The van der Waals surface area contributed by atoms with Crippen molar-refractivity contribution in [1.29, 1.82) is 0 Å². The first kappa shape index (κ1) is 12.2. The SMILES string of the molecule is COc1c(C)cccc1-c1noc(C2CCCN2)n1. The molecule has 0 amide bonds. The predicted molar refractivity (Wildman–Crippen MR) is 71.0 cm³/mol.